The summed E-state index contributed by atoms with van der Waals surface area (Å²) in [4.78, 5) is 0. The number of benzene rings is 3. The first kappa shape index (κ1) is 14.8. The van der Waals surface area contributed by atoms with Crippen molar-refractivity contribution in [2.45, 2.75) is 0 Å². The summed E-state index contributed by atoms with van der Waals surface area (Å²) >= 11 is 9.52. The lowest BCUT2D eigenvalue weighted by Gasteiger charge is -2.09. The molecule has 0 atom stereocenters. The van der Waals surface area contributed by atoms with Gasteiger partial charge in [0, 0.05) is 15.1 Å². The Morgan fingerprint density at radius 1 is 0.818 bits per heavy atom. The van der Waals surface area contributed by atoms with Gasteiger partial charge in [-0.15, -0.1) is 0 Å². The molecule has 3 aromatic rings. The van der Waals surface area contributed by atoms with Crippen molar-refractivity contribution >= 4 is 27.5 Å². The van der Waals surface area contributed by atoms with Gasteiger partial charge in [-0.25, -0.2) is 0 Å². The average molecular weight is 369 g/mol. The molecule has 3 aromatic carbocycles. The molecule has 0 amide bonds. The van der Waals surface area contributed by atoms with E-state index in [1.54, 1.807) is 6.07 Å². The molecule has 0 aromatic heterocycles. The molecule has 106 valence electrons. The van der Waals surface area contributed by atoms with Gasteiger partial charge in [0.2, 0.25) is 0 Å². The SMILES string of the molecule is N#Cc1c(Br)cc(Cl)cc1-c1ccc(-c2ccccc2)cc1. The fourth-order valence-electron chi connectivity index (χ4n) is 2.39. The number of nitriles is 1. The highest BCUT2D eigenvalue weighted by Crippen LogP contribution is 2.33. The van der Waals surface area contributed by atoms with E-state index in [0.29, 0.717) is 15.1 Å². The fourth-order valence-corrected chi connectivity index (χ4v) is 3.29. The lowest BCUT2D eigenvalue weighted by Crippen LogP contribution is -1.87. The zero-order valence-corrected chi connectivity index (χ0v) is 13.9. The molecule has 0 N–H and O–H groups in total. The number of nitrogens with zero attached hydrogens (tertiary/aromatic N) is 1. The highest BCUT2D eigenvalue weighted by atomic mass is 79.9. The van der Waals surface area contributed by atoms with E-state index in [1.165, 1.54) is 5.56 Å². The average Bonchev–Trinajstić information content (AvgIpc) is 2.55. The molecule has 0 saturated heterocycles. The van der Waals surface area contributed by atoms with Gasteiger partial charge in [-0.3, -0.25) is 0 Å². The van der Waals surface area contributed by atoms with Crippen LogP contribution in [0.15, 0.2) is 71.2 Å². The van der Waals surface area contributed by atoms with Gasteiger partial charge in [-0.05, 0) is 44.8 Å². The van der Waals surface area contributed by atoms with Crippen molar-refractivity contribution in [2.75, 3.05) is 0 Å². The molecule has 0 spiro atoms. The molecule has 22 heavy (non-hydrogen) atoms. The zero-order chi connectivity index (χ0) is 15.5. The van der Waals surface area contributed by atoms with Crippen molar-refractivity contribution < 1.29 is 0 Å². The molecule has 0 bridgehead atoms. The molecule has 0 fully saturated rings. The summed E-state index contributed by atoms with van der Waals surface area (Å²) in [5, 5.41) is 9.97. The van der Waals surface area contributed by atoms with Crippen LogP contribution in [0.1, 0.15) is 5.56 Å². The fraction of sp³-hybridized carbons (Fsp3) is 0. The van der Waals surface area contributed by atoms with Gasteiger partial charge in [-0.1, -0.05) is 66.2 Å². The number of hydrogen-bond donors (Lipinski definition) is 0. The first-order valence-corrected chi connectivity index (χ1v) is 7.91. The molecule has 0 aliphatic carbocycles. The molecule has 0 aliphatic rings. The van der Waals surface area contributed by atoms with E-state index >= 15 is 0 Å². The van der Waals surface area contributed by atoms with E-state index in [1.807, 2.05) is 36.4 Å². The molecule has 0 radical (unpaired) electrons. The Morgan fingerprint density at radius 2 is 1.41 bits per heavy atom. The van der Waals surface area contributed by atoms with Crippen LogP contribution in [0.3, 0.4) is 0 Å². The second-order valence-electron chi connectivity index (χ2n) is 4.87. The summed E-state index contributed by atoms with van der Waals surface area (Å²) in [5.74, 6) is 0. The first-order chi connectivity index (χ1) is 10.7. The Morgan fingerprint density at radius 3 is 2.05 bits per heavy atom. The van der Waals surface area contributed by atoms with Crippen LogP contribution < -0.4 is 0 Å². The van der Waals surface area contributed by atoms with Crippen LogP contribution in [0, 0.1) is 11.3 Å². The lowest BCUT2D eigenvalue weighted by atomic mass is 9.97. The summed E-state index contributed by atoms with van der Waals surface area (Å²) in [6, 6.07) is 24.1. The highest BCUT2D eigenvalue weighted by molar-refractivity contribution is 9.10. The van der Waals surface area contributed by atoms with E-state index in [9.17, 15) is 5.26 Å². The normalized spacial score (nSPS) is 10.2. The number of hydrogen-bond acceptors (Lipinski definition) is 1. The van der Waals surface area contributed by atoms with Gasteiger partial charge in [0.25, 0.3) is 0 Å². The van der Waals surface area contributed by atoms with Crippen LogP contribution >= 0.6 is 27.5 Å². The quantitative estimate of drug-likeness (QED) is 0.520. The topological polar surface area (TPSA) is 23.8 Å². The van der Waals surface area contributed by atoms with E-state index in [0.717, 1.165) is 16.7 Å². The van der Waals surface area contributed by atoms with Crippen LogP contribution in [0.5, 0.6) is 0 Å². The van der Waals surface area contributed by atoms with E-state index < -0.39 is 0 Å². The van der Waals surface area contributed by atoms with Crippen molar-refractivity contribution in [1.29, 1.82) is 5.26 Å². The van der Waals surface area contributed by atoms with Crippen molar-refractivity contribution in [3.05, 3.63) is 81.8 Å². The number of halogens is 2. The third-order valence-electron chi connectivity index (χ3n) is 3.47. The Balaban J connectivity index is 2.06. The van der Waals surface area contributed by atoms with Crippen molar-refractivity contribution in [3.63, 3.8) is 0 Å². The minimum Gasteiger partial charge on any atom is -0.192 e. The molecule has 0 heterocycles. The summed E-state index contributed by atoms with van der Waals surface area (Å²) in [7, 11) is 0. The monoisotopic (exact) mass is 367 g/mol. The largest absolute Gasteiger partial charge is 0.192 e. The van der Waals surface area contributed by atoms with E-state index in [4.69, 9.17) is 11.6 Å². The van der Waals surface area contributed by atoms with Gasteiger partial charge in [-0.2, -0.15) is 5.26 Å². The van der Waals surface area contributed by atoms with Crippen molar-refractivity contribution in [3.8, 4) is 28.3 Å². The summed E-state index contributed by atoms with van der Waals surface area (Å²) < 4.78 is 0.713. The third-order valence-corrected chi connectivity index (χ3v) is 4.31. The van der Waals surface area contributed by atoms with Crippen LogP contribution in [0.25, 0.3) is 22.3 Å². The smallest absolute Gasteiger partial charge is 0.101 e. The molecule has 0 unspecified atom stereocenters. The standard InChI is InChI=1S/C19H11BrClN/c20-19-11-16(21)10-17(18(19)12-22)15-8-6-14(7-9-15)13-4-2-1-3-5-13/h1-11H. The van der Waals surface area contributed by atoms with Gasteiger partial charge >= 0.3 is 0 Å². The maximum atomic E-state index is 9.36. The van der Waals surface area contributed by atoms with Crippen LogP contribution in [-0.4, -0.2) is 0 Å². The predicted octanol–water partition coefficient (Wildman–Crippen LogP) is 6.31. The highest BCUT2D eigenvalue weighted by Gasteiger charge is 2.10. The zero-order valence-electron chi connectivity index (χ0n) is 11.6. The van der Waals surface area contributed by atoms with Gasteiger partial charge in [0.15, 0.2) is 0 Å². The Hall–Kier alpha value is -2.08. The van der Waals surface area contributed by atoms with Crippen LogP contribution in [0.4, 0.5) is 0 Å². The second kappa shape index (κ2) is 6.36. The van der Waals surface area contributed by atoms with E-state index in [-0.39, 0.29) is 0 Å². The first-order valence-electron chi connectivity index (χ1n) is 6.74. The van der Waals surface area contributed by atoms with E-state index in [2.05, 4.69) is 46.3 Å². The van der Waals surface area contributed by atoms with Gasteiger partial charge in [0.1, 0.15) is 6.07 Å². The second-order valence-corrected chi connectivity index (χ2v) is 6.16. The minimum absolute atomic E-state index is 0.594. The Bertz CT molecular complexity index is 849. The van der Waals surface area contributed by atoms with Crippen molar-refractivity contribution in [2.24, 2.45) is 0 Å². The molecule has 0 aliphatic heterocycles. The Kier molecular flexibility index (Phi) is 4.29. The van der Waals surface area contributed by atoms with Crippen LogP contribution in [-0.2, 0) is 0 Å². The van der Waals surface area contributed by atoms with Gasteiger partial charge in [0.05, 0.1) is 5.56 Å². The molecular formula is C19H11BrClN. The lowest BCUT2D eigenvalue weighted by molar-refractivity contribution is 1.46. The molecule has 0 saturated carbocycles. The molecule has 1 nitrogen and oxygen atoms in total. The van der Waals surface area contributed by atoms with Crippen molar-refractivity contribution in [1.82, 2.24) is 0 Å². The maximum absolute atomic E-state index is 9.36. The predicted molar refractivity (Wildman–Crippen MR) is 94.7 cm³/mol. The van der Waals surface area contributed by atoms with Gasteiger partial charge < -0.3 is 0 Å². The third kappa shape index (κ3) is 2.92. The maximum Gasteiger partial charge on any atom is 0.101 e. The molecule has 3 heteroatoms. The Labute approximate surface area is 142 Å². The molecular weight excluding hydrogens is 358 g/mol. The number of rotatable bonds is 2. The summed E-state index contributed by atoms with van der Waals surface area (Å²) in [5.41, 5.74) is 4.71. The van der Waals surface area contributed by atoms with Crippen LogP contribution in [0.2, 0.25) is 5.02 Å². The summed E-state index contributed by atoms with van der Waals surface area (Å²) in [6.07, 6.45) is 0. The molecule has 3 rings (SSSR count). The minimum atomic E-state index is 0.594. The summed E-state index contributed by atoms with van der Waals surface area (Å²) in [6.45, 7) is 0.